The van der Waals surface area contributed by atoms with Crippen molar-refractivity contribution in [1.29, 1.82) is 0 Å². The van der Waals surface area contributed by atoms with Crippen LogP contribution in [0, 0.1) is 11.6 Å². The summed E-state index contributed by atoms with van der Waals surface area (Å²) in [6.45, 7) is 0. The normalized spacial score (nSPS) is 11.4. The summed E-state index contributed by atoms with van der Waals surface area (Å²) in [6, 6.07) is 5.10. The van der Waals surface area contributed by atoms with E-state index in [2.05, 4.69) is 4.72 Å². The molecular formula is C12H8Cl2F2N2O2S. The SMILES string of the molecule is Nc1c(F)cccc1S(=O)(=O)Nc1c(Cl)cc(F)cc1Cl. The van der Waals surface area contributed by atoms with Gasteiger partial charge in [0.05, 0.1) is 21.4 Å². The molecule has 2 aromatic rings. The standard InChI is InChI=1S/C12H8Cl2F2N2O2S/c13-7-4-6(15)5-8(14)12(7)18-21(19,20)10-3-1-2-9(16)11(10)17/h1-5,18H,17H2. The molecule has 21 heavy (non-hydrogen) atoms. The third-order valence-electron chi connectivity index (χ3n) is 2.55. The summed E-state index contributed by atoms with van der Waals surface area (Å²) in [5.74, 6) is -1.60. The van der Waals surface area contributed by atoms with Crippen molar-refractivity contribution in [2.75, 3.05) is 10.5 Å². The molecule has 3 N–H and O–H groups in total. The number of hydrogen-bond acceptors (Lipinski definition) is 3. The summed E-state index contributed by atoms with van der Waals surface area (Å²) in [5.41, 5.74) is 4.64. The number of para-hydroxylation sites is 1. The predicted octanol–water partition coefficient (Wildman–Crippen LogP) is 3.65. The van der Waals surface area contributed by atoms with Crippen molar-refractivity contribution in [2.24, 2.45) is 0 Å². The number of rotatable bonds is 3. The highest BCUT2D eigenvalue weighted by Crippen LogP contribution is 2.34. The van der Waals surface area contributed by atoms with E-state index in [1.165, 1.54) is 6.07 Å². The van der Waals surface area contributed by atoms with E-state index in [0.717, 1.165) is 24.3 Å². The van der Waals surface area contributed by atoms with Gasteiger partial charge in [-0.2, -0.15) is 0 Å². The van der Waals surface area contributed by atoms with Crippen molar-refractivity contribution >= 4 is 44.6 Å². The summed E-state index contributed by atoms with van der Waals surface area (Å²) < 4.78 is 52.9. The van der Waals surface area contributed by atoms with Gasteiger partial charge in [0.15, 0.2) is 0 Å². The van der Waals surface area contributed by atoms with Crippen LogP contribution in [0.4, 0.5) is 20.2 Å². The molecule has 0 aromatic heterocycles. The van der Waals surface area contributed by atoms with Crippen LogP contribution in [-0.4, -0.2) is 8.42 Å². The van der Waals surface area contributed by atoms with Crippen molar-refractivity contribution in [3.63, 3.8) is 0 Å². The van der Waals surface area contributed by atoms with Crippen molar-refractivity contribution in [1.82, 2.24) is 0 Å². The van der Waals surface area contributed by atoms with Gasteiger partial charge in [0.25, 0.3) is 10.0 Å². The summed E-state index contributed by atoms with van der Waals surface area (Å²) in [5, 5.41) is -0.475. The second-order valence-corrected chi connectivity index (χ2v) is 6.47. The van der Waals surface area contributed by atoms with Crippen LogP contribution in [0.5, 0.6) is 0 Å². The molecule has 0 atom stereocenters. The van der Waals surface area contributed by atoms with Gasteiger partial charge in [0.2, 0.25) is 0 Å². The van der Waals surface area contributed by atoms with Gasteiger partial charge >= 0.3 is 0 Å². The Morgan fingerprint density at radius 3 is 2.24 bits per heavy atom. The van der Waals surface area contributed by atoms with E-state index in [1.807, 2.05) is 0 Å². The first-order valence-electron chi connectivity index (χ1n) is 5.43. The predicted molar refractivity (Wildman–Crippen MR) is 78.0 cm³/mol. The lowest BCUT2D eigenvalue weighted by Gasteiger charge is -2.13. The van der Waals surface area contributed by atoms with Crippen molar-refractivity contribution in [3.8, 4) is 0 Å². The first-order valence-corrected chi connectivity index (χ1v) is 7.67. The van der Waals surface area contributed by atoms with E-state index in [0.29, 0.717) is 0 Å². The fraction of sp³-hybridized carbons (Fsp3) is 0. The lowest BCUT2D eigenvalue weighted by molar-refractivity contribution is 0.597. The average Bonchev–Trinajstić information content (AvgIpc) is 2.37. The molecule has 0 aliphatic heterocycles. The number of nitrogens with one attached hydrogen (secondary N) is 1. The highest BCUT2D eigenvalue weighted by atomic mass is 35.5. The Labute approximate surface area is 129 Å². The second kappa shape index (κ2) is 5.67. The van der Waals surface area contributed by atoms with E-state index in [1.54, 1.807) is 0 Å². The Kier molecular flexibility index (Phi) is 4.27. The maximum absolute atomic E-state index is 13.3. The third-order valence-corrected chi connectivity index (χ3v) is 4.55. The van der Waals surface area contributed by atoms with Crippen LogP contribution < -0.4 is 10.5 Å². The van der Waals surface area contributed by atoms with Gasteiger partial charge in [0, 0.05) is 0 Å². The van der Waals surface area contributed by atoms with Gasteiger partial charge in [-0.05, 0) is 24.3 Å². The number of hydrogen-bond donors (Lipinski definition) is 2. The quantitative estimate of drug-likeness (QED) is 0.828. The number of sulfonamides is 1. The zero-order valence-electron chi connectivity index (χ0n) is 10.2. The average molecular weight is 353 g/mol. The molecule has 0 unspecified atom stereocenters. The molecule has 9 heteroatoms. The zero-order valence-corrected chi connectivity index (χ0v) is 12.5. The maximum atomic E-state index is 13.3. The number of anilines is 2. The maximum Gasteiger partial charge on any atom is 0.264 e. The molecule has 0 aliphatic carbocycles. The molecule has 0 radical (unpaired) electrons. The van der Waals surface area contributed by atoms with Gasteiger partial charge < -0.3 is 5.73 Å². The molecule has 0 saturated heterocycles. The van der Waals surface area contributed by atoms with Crippen molar-refractivity contribution in [3.05, 3.63) is 52.0 Å². The minimum Gasteiger partial charge on any atom is -0.395 e. The van der Waals surface area contributed by atoms with Crippen LogP contribution in [-0.2, 0) is 10.0 Å². The molecule has 0 fully saturated rings. The van der Waals surface area contributed by atoms with Crippen LogP contribution in [0.2, 0.25) is 10.0 Å². The number of halogens is 4. The first kappa shape index (κ1) is 15.8. The van der Waals surface area contributed by atoms with Gasteiger partial charge in [-0.15, -0.1) is 0 Å². The highest BCUT2D eigenvalue weighted by molar-refractivity contribution is 7.93. The van der Waals surface area contributed by atoms with Gasteiger partial charge in [0.1, 0.15) is 16.5 Å². The van der Waals surface area contributed by atoms with E-state index >= 15 is 0 Å². The Bertz CT molecular complexity index is 790. The molecule has 0 amide bonds. The number of benzene rings is 2. The third kappa shape index (κ3) is 3.20. The molecule has 4 nitrogen and oxygen atoms in total. The van der Waals surface area contributed by atoms with E-state index in [4.69, 9.17) is 28.9 Å². The largest absolute Gasteiger partial charge is 0.395 e. The fourth-order valence-electron chi connectivity index (χ4n) is 1.58. The fourth-order valence-corrected chi connectivity index (χ4v) is 3.49. The molecule has 2 aromatic carbocycles. The monoisotopic (exact) mass is 352 g/mol. The second-order valence-electron chi connectivity index (χ2n) is 4.00. The van der Waals surface area contributed by atoms with E-state index < -0.39 is 32.2 Å². The van der Waals surface area contributed by atoms with Crippen LogP contribution in [0.25, 0.3) is 0 Å². The zero-order chi connectivity index (χ0) is 15.8. The molecular weight excluding hydrogens is 345 g/mol. The Morgan fingerprint density at radius 1 is 1.10 bits per heavy atom. The minimum atomic E-state index is -4.23. The molecule has 0 bridgehead atoms. The smallest absolute Gasteiger partial charge is 0.264 e. The summed E-state index contributed by atoms with van der Waals surface area (Å²) in [6.07, 6.45) is 0. The lowest BCUT2D eigenvalue weighted by atomic mass is 10.3. The van der Waals surface area contributed by atoms with Crippen molar-refractivity contribution < 1.29 is 17.2 Å². The van der Waals surface area contributed by atoms with Gasteiger partial charge in [-0.1, -0.05) is 29.3 Å². The molecule has 0 spiro atoms. The molecule has 0 aliphatic rings. The lowest BCUT2D eigenvalue weighted by Crippen LogP contribution is -2.16. The van der Waals surface area contributed by atoms with Crippen LogP contribution in [0.1, 0.15) is 0 Å². The summed E-state index contributed by atoms with van der Waals surface area (Å²) >= 11 is 11.5. The van der Waals surface area contributed by atoms with Crippen LogP contribution in [0.15, 0.2) is 35.2 Å². The summed E-state index contributed by atoms with van der Waals surface area (Å²) in [7, 11) is -4.23. The Balaban J connectivity index is 2.50. The Hall–Kier alpha value is -1.57. The van der Waals surface area contributed by atoms with Gasteiger partial charge in [-0.3, -0.25) is 4.72 Å². The topological polar surface area (TPSA) is 72.2 Å². The number of nitrogen functional groups attached to an aromatic ring is 1. The number of nitrogens with two attached hydrogens (primary N) is 1. The molecule has 112 valence electrons. The molecule has 0 heterocycles. The van der Waals surface area contributed by atoms with E-state index in [-0.39, 0.29) is 15.7 Å². The summed E-state index contributed by atoms with van der Waals surface area (Å²) in [4.78, 5) is -0.473. The van der Waals surface area contributed by atoms with Crippen molar-refractivity contribution in [2.45, 2.75) is 4.90 Å². The van der Waals surface area contributed by atoms with Crippen LogP contribution in [0.3, 0.4) is 0 Å². The van der Waals surface area contributed by atoms with E-state index in [9.17, 15) is 17.2 Å². The van der Waals surface area contributed by atoms with Gasteiger partial charge in [-0.25, -0.2) is 17.2 Å². The first-order chi connectivity index (χ1) is 9.72. The highest BCUT2D eigenvalue weighted by Gasteiger charge is 2.22. The molecule has 0 saturated carbocycles. The molecule has 2 rings (SSSR count). The minimum absolute atomic E-state index is 0.219. The van der Waals surface area contributed by atoms with Crippen LogP contribution >= 0.6 is 23.2 Å². The Morgan fingerprint density at radius 2 is 1.67 bits per heavy atom.